The molecule has 0 aliphatic carbocycles. The smallest absolute Gasteiger partial charge is 0.257 e. The van der Waals surface area contributed by atoms with Gasteiger partial charge in [0.25, 0.3) is 5.91 Å². The van der Waals surface area contributed by atoms with E-state index in [4.69, 9.17) is 5.73 Å². The number of aryl methyl sites for hydroxylation is 3. The Morgan fingerprint density at radius 2 is 1.89 bits per heavy atom. The molecule has 0 saturated heterocycles. The lowest BCUT2D eigenvalue weighted by Crippen LogP contribution is -2.16. The molecule has 1 aromatic carbocycles. The molecule has 0 aliphatic heterocycles. The molecule has 1 amide bonds. The molecule has 0 saturated carbocycles. The summed E-state index contributed by atoms with van der Waals surface area (Å²) in [6.45, 7) is 5.49. The fourth-order valence-electron chi connectivity index (χ4n) is 1.75. The van der Waals surface area contributed by atoms with Crippen LogP contribution in [-0.2, 0) is 0 Å². The minimum Gasteiger partial charge on any atom is -0.397 e. The maximum Gasteiger partial charge on any atom is 0.257 e. The first-order valence-electron chi connectivity index (χ1n) is 5.96. The van der Waals surface area contributed by atoms with Gasteiger partial charge >= 0.3 is 0 Å². The SMILES string of the molecule is Cc1ccc(N)c(NC(=O)c2cc(C)nnc2C)c1. The van der Waals surface area contributed by atoms with Gasteiger partial charge in [0.05, 0.1) is 28.3 Å². The highest BCUT2D eigenvalue weighted by Crippen LogP contribution is 2.20. The Hall–Kier alpha value is -2.43. The van der Waals surface area contributed by atoms with Gasteiger partial charge in [-0.05, 0) is 44.5 Å². The van der Waals surface area contributed by atoms with Crippen molar-refractivity contribution in [3.63, 3.8) is 0 Å². The lowest BCUT2D eigenvalue weighted by molar-refractivity contribution is 0.102. The molecular weight excluding hydrogens is 240 g/mol. The van der Waals surface area contributed by atoms with Gasteiger partial charge in [0.2, 0.25) is 0 Å². The van der Waals surface area contributed by atoms with Crippen LogP contribution in [0.3, 0.4) is 0 Å². The van der Waals surface area contributed by atoms with Crippen LogP contribution in [0.2, 0.25) is 0 Å². The monoisotopic (exact) mass is 256 g/mol. The summed E-state index contributed by atoms with van der Waals surface area (Å²) in [5.74, 6) is -0.229. The zero-order valence-electron chi connectivity index (χ0n) is 11.2. The first kappa shape index (κ1) is 13.0. The van der Waals surface area contributed by atoms with E-state index in [0.29, 0.717) is 28.3 Å². The molecule has 0 fully saturated rings. The second-order valence-corrected chi connectivity index (χ2v) is 4.53. The molecule has 5 nitrogen and oxygen atoms in total. The number of hydrogen-bond donors (Lipinski definition) is 2. The molecule has 98 valence electrons. The van der Waals surface area contributed by atoms with Gasteiger partial charge in [-0.25, -0.2) is 0 Å². The third-order valence-electron chi connectivity index (χ3n) is 2.80. The number of carbonyl (C=O) groups is 1. The van der Waals surface area contributed by atoms with Crippen LogP contribution in [0, 0.1) is 20.8 Å². The molecule has 0 unspecified atom stereocenters. The number of amides is 1. The molecule has 3 N–H and O–H groups in total. The summed E-state index contributed by atoms with van der Waals surface area (Å²) in [7, 11) is 0. The zero-order chi connectivity index (χ0) is 14.0. The van der Waals surface area contributed by atoms with Crippen LogP contribution < -0.4 is 11.1 Å². The number of hydrogen-bond acceptors (Lipinski definition) is 4. The van der Waals surface area contributed by atoms with Crippen LogP contribution in [0.5, 0.6) is 0 Å². The second-order valence-electron chi connectivity index (χ2n) is 4.53. The van der Waals surface area contributed by atoms with Gasteiger partial charge in [0.1, 0.15) is 0 Å². The van der Waals surface area contributed by atoms with E-state index < -0.39 is 0 Å². The standard InChI is InChI=1S/C14H16N4O/c1-8-4-5-12(15)13(6-8)16-14(19)11-7-9(2)17-18-10(11)3/h4-7H,15H2,1-3H3,(H,16,19). The first-order valence-corrected chi connectivity index (χ1v) is 5.96. The Balaban J connectivity index is 2.30. The summed E-state index contributed by atoms with van der Waals surface area (Å²) >= 11 is 0. The number of carbonyl (C=O) groups excluding carboxylic acids is 1. The Bertz CT molecular complexity index is 637. The van der Waals surface area contributed by atoms with Crippen LogP contribution in [0.1, 0.15) is 27.3 Å². The number of aromatic nitrogens is 2. The van der Waals surface area contributed by atoms with Gasteiger partial charge in [-0.2, -0.15) is 10.2 Å². The van der Waals surface area contributed by atoms with E-state index in [1.165, 1.54) is 0 Å². The van der Waals surface area contributed by atoms with E-state index in [9.17, 15) is 4.79 Å². The molecule has 1 heterocycles. The van der Waals surface area contributed by atoms with Crippen LogP contribution in [0.15, 0.2) is 24.3 Å². The van der Waals surface area contributed by atoms with E-state index in [2.05, 4.69) is 15.5 Å². The van der Waals surface area contributed by atoms with Crippen molar-refractivity contribution in [2.75, 3.05) is 11.1 Å². The molecule has 0 aliphatic rings. The summed E-state index contributed by atoms with van der Waals surface area (Å²) in [6, 6.07) is 7.22. The molecule has 2 aromatic rings. The molecule has 0 radical (unpaired) electrons. The Morgan fingerprint density at radius 1 is 1.16 bits per heavy atom. The molecule has 0 atom stereocenters. The minimum atomic E-state index is -0.229. The van der Waals surface area contributed by atoms with Gasteiger partial charge in [0.15, 0.2) is 0 Å². The summed E-state index contributed by atoms with van der Waals surface area (Å²) in [5.41, 5.74) is 9.82. The number of nitrogens with zero attached hydrogens (tertiary/aromatic N) is 2. The van der Waals surface area contributed by atoms with Crippen molar-refractivity contribution < 1.29 is 4.79 Å². The van der Waals surface area contributed by atoms with Crippen molar-refractivity contribution in [3.05, 3.63) is 46.8 Å². The fourth-order valence-corrected chi connectivity index (χ4v) is 1.75. The van der Waals surface area contributed by atoms with Crippen molar-refractivity contribution >= 4 is 17.3 Å². The minimum absolute atomic E-state index is 0.229. The summed E-state index contributed by atoms with van der Waals surface area (Å²) in [6.07, 6.45) is 0. The Kier molecular flexibility index (Phi) is 3.46. The first-order chi connectivity index (χ1) is 8.97. The molecule has 19 heavy (non-hydrogen) atoms. The number of nitrogen functional groups attached to an aromatic ring is 1. The topological polar surface area (TPSA) is 80.9 Å². The lowest BCUT2D eigenvalue weighted by atomic mass is 10.1. The van der Waals surface area contributed by atoms with Crippen LogP contribution >= 0.6 is 0 Å². The Labute approximate surface area is 111 Å². The number of anilines is 2. The van der Waals surface area contributed by atoms with Crippen molar-refractivity contribution in [2.45, 2.75) is 20.8 Å². The maximum absolute atomic E-state index is 12.2. The number of rotatable bonds is 2. The average Bonchev–Trinajstić information content (AvgIpc) is 2.36. The van der Waals surface area contributed by atoms with Crippen molar-refractivity contribution in [1.29, 1.82) is 0 Å². The summed E-state index contributed by atoms with van der Waals surface area (Å²) in [5, 5.41) is 10.6. The number of benzene rings is 1. The third-order valence-corrected chi connectivity index (χ3v) is 2.80. The zero-order valence-corrected chi connectivity index (χ0v) is 11.2. The molecule has 0 bridgehead atoms. The van der Waals surface area contributed by atoms with E-state index in [-0.39, 0.29) is 5.91 Å². The second kappa shape index (κ2) is 5.06. The quantitative estimate of drug-likeness (QED) is 0.807. The van der Waals surface area contributed by atoms with E-state index in [0.717, 1.165) is 5.56 Å². The predicted octanol–water partition coefficient (Wildman–Crippen LogP) is 2.24. The van der Waals surface area contributed by atoms with Gasteiger partial charge in [-0.3, -0.25) is 4.79 Å². The lowest BCUT2D eigenvalue weighted by Gasteiger charge is -2.10. The van der Waals surface area contributed by atoms with E-state index in [1.54, 1.807) is 26.0 Å². The highest BCUT2D eigenvalue weighted by Gasteiger charge is 2.12. The van der Waals surface area contributed by atoms with Gasteiger partial charge in [-0.15, -0.1) is 0 Å². The van der Waals surface area contributed by atoms with Crippen LogP contribution in [0.25, 0.3) is 0 Å². The predicted molar refractivity (Wildman–Crippen MR) is 75.1 cm³/mol. The highest BCUT2D eigenvalue weighted by atomic mass is 16.1. The molecule has 5 heteroatoms. The van der Waals surface area contributed by atoms with Gasteiger partial charge in [0, 0.05) is 0 Å². The fraction of sp³-hybridized carbons (Fsp3) is 0.214. The molecular formula is C14H16N4O. The summed E-state index contributed by atoms with van der Waals surface area (Å²) in [4.78, 5) is 12.2. The molecule has 2 rings (SSSR count). The van der Waals surface area contributed by atoms with Crippen LogP contribution in [0.4, 0.5) is 11.4 Å². The summed E-state index contributed by atoms with van der Waals surface area (Å²) < 4.78 is 0. The average molecular weight is 256 g/mol. The maximum atomic E-state index is 12.2. The number of nitrogens with one attached hydrogen (secondary N) is 1. The highest BCUT2D eigenvalue weighted by molar-refractivity contribution is 6.06. The van der Waals surface area contributed by atoms with Gasteiger partial charge < -0.3 is 11.1 Å². The van der Waals surface area contributed by atoms with E-state index in [1.807, 2.05) is 19.1 Å². The van der Waals surface area contributed by atoms with Gasteiger partial charge in [-0.1, -0.05) is 6.07 Å². The van der Waals surface area contributed by atoms with Crippen molar-refractivity contribution in [3.8, 4) is 0 Å². The van der Waals surface area contributed by atoms with Crippen LogP contribution in [-0.4, -0.2) is 16.1 Å². The molecule has 0 spiro atoms. The number of nitrogens with two attached hydrogens (primary N) is 1. The largest absolute Gasteiger partial charge is 0.397 e. The van der Waals surface area contributed by atoms with E-state index >= 15 is 0 Å². The normalized spacial score (nSPS) is 10.3. The third kappa shape index (κ3) is 2.88. The van der Waals surface area contributed by atoms with Crippen molar-refractivity contribution in [1.82, 2.24) is 10.2 Å². The van der Waals surface area contributed by atoms with Crippen molar-refractivity contribution in [2.24, 2.45) is 0 Å². The molecule has 1 aromatic heterocycles. The Morgan fingerprint density at radius 3 is 2.63 bits per heavy atom.